The molecule has 0 N–H and O–H groups in total. The zero-order valence-corrected chi connectivity index (χ0v) is 28.3. The van der Waals surface area contributed by atoms with Gasteiger partial charge in [-0.25, -0.2) is 9.59 Å². The van der Waals surface area contributed by atoms with Crippen molar-refractivity contribution in [2.75, 3.05) is 13.2 Å². The number of fused-ring (bicyclic) bond motifs is 5. The van der Waals surface area contributed by atoms with E-state index >= 15 is 0 Å². The van der Waals surface area contributed by atoms with Crippen molar-refractivity contribution in [3.8, 4) is 19.5 Å². The third-order valence-corrected chi connectivity index (χ3v) is 14.8. The summed E-state index contributed by atoms with van der Waals surface area (Å²) in [6, 6.07) is 7.50. The molecule has 0 radical (unpaired) electrons. The van der Waals surface area contributed by atoms with Gasteiger partial charge in [-0.1, -0.05) is 0 Å². The molecule has 0 atom stereocenters. The Kier molecular flexibility index (Phi) is 8.97. The number of ether oxygens (including phenoxy) is 2. The predicted octanol–water partition coefficient (Wildman–Crippen LogP) is 11.7. The molecule has 0 unspecified atom stereocenters. The summed E-state index contributed by atoms with van der Waals surface area (Å²) in [7, 11) is 0. The lowest BCUT2D eigenvalue weighted by molar-refractivity contribution is -0.182. The van der Waals surface area contributed by atoms with Crippen LogP contribution in [0.5, 0.6) is 0 Å². The van der Waals surface area contributed by atoms with Gasteiger partial charge in [-0.2, -0.15) is 26.3 Å². The third kappa shape index (κ3) is 6.96. The van der Waals surface area contributed by atoms with Gasteiger partial charge in [0, 0.05) is 41.4 Å². The van der Waals surface area contributed by atoms with Gasteiger partial charge >= 0.3 is 24.3 Å². The number of carbonyl (C=O) groups is 2. The quantitative estimate of drug-likeness (QED) is 0.0883. The molecule has 0 saturated heterocycles. The van der Waals surface area contributed by atoms with E-state index in [1.165, 1.54) is 63.0 Å². The van der Waals surface area contributed by atoms with E-state index < -0.39 is 37.5 Å². The highest BCUT2D eigenvalue weighted by Crippen LogP contribution is 2.55. The summed E-state index contributed by atoms with van der Waals surface area (Å²) < 4.78 is 89.3. The molecule has 0 aliphatic carbocycles. The maximum Gasteiger partial charge on any atom is 0.422 e. The largest absolute Gasteiger partial charge is 0.453 e. The molecule has 0 aliphatic heterocycles. The third-order valence-electron chi connectivity index (χ3n) is 6.43. The zero-order valence-electron chi connectivity index (χ0n) is 23.4. The molecule has 4 nitrogen and oxygen atoms in total. The Morgan fingerprint density at radius 3 is 1.33 bits per heavy atom. The Morgan fingerprint density at radius 1 is 0.587 bits per heavy atom. The first kappa shape index (κ1) is 32.9. The Labute approximate surface area is 280 Å². The van der Waals surface area contributed by atoms with Crippen molar-refractivity contribution in [3.05, 3.63) is 57.3 Å². The molecule has 16 heteroatoms. The van der Waals surface area contributed by atoms with Crippen LogP contribution < -0.4 is 0 Å². The second-order valence-electron chi connectivity index (χ2n) is 9.81. The van der Waals surface area contributed by atoms with Crippen molar-refractivity contribution in [2.45, 2.75) is 26.2 Å². The molecule has 6 heterocycles. The van der Waals surface area contributed by atoms with Crippen LogP contribution in [-0.2, 0) is 19.1 Å². The lowest BCUT2D eigenvalue weighted by Crippen LogP contribution is -2.19. The minimum Gasteiger partial charge on any atom is -0.453 e. The van der Waals surface area contributed by atoms with Crippen molar-refractivity contribution < 1.29 is 45.4 Å². The molecule has 0 amide bonds. The second kappa shape index (κ2) is 12.5. The smallest absolute Gasteiger partial charge is 0.422 e. The lowest BCUT2D eigenvalue weighted by Gasteiger charge is -2.04. The number of hydrogen-bond donors (Lipinski definition) is 0. The summed E-state index contributed by atoms with van der Waals surface area (Å²) in [6.07, 6.45) is -4.27. The van der Waals surface area contributed by atoms with Crippen LogP contribution in [0.4, 0.5) is 26.3 Å². The van der Waals surface area contributed by atoms with Crippen LogP contribution in [0.3, 0.4) is 0 Å². The molecule has 6 aromatic rings. The number of hydrogen-bond acceptors (Lipinski definition) is 10. The van der Waals surface area contributed by atoms with Gasteiger partial charge in [0.15, 0.2) is 13.2 Å². The van der Waals surface area contributed by atoms with Crippen LogP contribution in [0.25, 0.3) is 59.9 Å². The van der Waals surface area contributed by atoms with Gasteiger partial charge in [-0.05, 0) is 61.4 Å². The van der Waals surface area contributed by atoms with Gasteiger partial charge in [0.25, 0.3) is 0 Å². The van der Waals surface area contributed by atoms with E-state index in [1.807, 2.05) is 24.3 Å². The molecule has 6 rings (SSSR count). The van der Waals surface area contributed by atoms with Crippen molar-refractivity contribution in [1.29, 1.82) is 0 Å². The minimum absolute atomic E-state index is 0.716. The summed E-state index contributed by atoms with van der Waals surface area (Å²) >= 11 is 9.74. The van der Waals surface area contributed by atoms with Gasteiger partial charge in [0.1, 0.15) is 0 Å². The molecule has 46 heavy (non-hydrogen) atoms. The van der Waals surface area contributed by atoms with E-state index in [1.54, 1.807) is 45.3 Å². The Bertz CT molecular complexity index is 2010. The van der Waals surface area contributed by atoms with Crippen molar-refractivity contribution >= 4 is 120 Å². The lowest BCUT2D eigenvalue weighted by atomic mass is 10.2. The highest BCUT2D eigenvalue weighted by Gasteiger charge is 2.30. The molecule has 0 aromatic carbocycles. The van der Waals surface area contributed by atoms with E-state index in [0.717, 1.165) is 42.8 Å². The first-order chi connectivity index (χ1) is 21.7. The Balaban J connectivity index is 1.22. The Hall–Kier alpha value is -3.02. The van der Waals surface area contributed by atoms with Crippen LogP contribution in [0.2, 0.25) is 0 Å². The van der Waals surface area contributed by atoms with Crippen LogP contribution in [0.15, 0.2) is 36.4 Å². The molecular weight excluding hydrogens is 731 g/mol. The van der Waals surface area contributed by atoms with Crippen molar-refractivity contribution in [2.24, 2.45) is 0 Å². The number of aryl methyl sites for hydroxylation is 2. The first-order valence-corrected chi connectivity index (χ1v) is 18.0. The fourth-order valence-corrected chi connectivity index (χ4v) is 12.6. The number of rotatable bonds is 8. The van der Waals surface area contributed by atoms with Gasteiger partial charge in [0.2, 0.25) is 0 Å². The topological polar surface area (TPSA) is 52.6 Å². The van der Waals surface area contributed by atoms with E-state index in [4.69, 9.17) is 0 Å². The van der Waals surface area contributed by atoms with Crippen LogP contribution >= 0.6 is 68.0 Å². The highest BCUT2D eigenvalue weighted by molar-refractivity contribution is 7.46. The van der Waals surface area contributed by atoms with Gasteiger partial charge in [0.05, 0.1) is 28.2 Å². The molecule has 0 spiro atoms. The summed E-state index contributed by atoms with van der Waals surface area (Å²) in [4.78, 5) is 28.9. The first-order valence-electron chi connectivity index (χ1n) is 13.1. The van der Waals surface area contributed by atoms with Gasteiger partial charge in [-0.15, -0.1) is 68.0 Å². The van der Waals surface area contributed by atoms with Crippen molar-refractivity contribution in [3.63, 3.8) is 0 Å². The van der Waals surface area contributed by atoms with Crippen LogP contribution in [0.1, 0.15) is 20.9 Å². The van der Waals surface area contributed by atoms with E-state index in [0.29, 0.717) is 9.75 Å². The Morgan fingerprint density at radius 2 is 0.957 bits per heavy atom. The fraction of sp³-hybridized carbons (Fsp3) is 0.200. The number of alkyl halides is 6. The molecule has 6 aromatic heterocycles. The average molecular weight is 749 g/mol. The monoisotopic (exact) mass is 748 g/mol. The van der Waals surface area contributed by atoms with Crippen molar-refractivity contribution in [1.82, 2.24) is 0 Å². The normalized spacial score (nSPS) is 13.0. The minimum atomic E-state index is -4.58. The average Bonchev–Trinajstić information content (AvgIpc) is 3.81. The molecule has 0 aliphatic rings. The summed E-state index contributed by atoms with van der Waals surface area (Å²) in [5.74, 6) is -2.11. The second-order valence-corrected chi connectivity index (χ2v) is 16.1. The summed E-state index contributed by atoms with van der Waals surface area (Å²) in [6.45, 7) is 0.885. The number of esters is 2. The maximum atomic E-state index is 12.3. The SMILES string of the molecule is Cc1c(-c2ccc(/C=C/C(=O)OCC(F)(F)F)s2)sc2c1sc1c3sc(-c4ccc(/C=C/C(=O)OCC(F)(F)F)s4)c(C)c3sc21. The molecule has 0 fully saturated rings. The van der Waals surface area contributed by atoms with Crippen LogP contribution in [-0.4, -0.2) is 37.5 Å². The summed E-state index contributed by atoms with van der Waals surface area (Å²) in [5, 5.41) is 0. The van der Waals surface area contributed by atoms with Gasteiger partial charge in [-0.3, -0.25) is 0 Å². The molecule has 0 saturated carbocycles. The van der Waals surface area contributed by atoms with E-state index in [9.17, 15) is 35.9 Å². The van der Waals surface area contributed by atoms with Crippen LogP contribution in [0, 0.1) is 13.8 Å². The predicted molar refractivity (Wildman–Crippen MR) is 179 cm³/mol. The fourth-order valence-electron chi connectivity index (χ4n) is 4.44. The maximum absolute atomic E-state index is 12.3. The summed E-state index contributed by atoms with van der Waals surface area (Å²) in [5.41, 5.74) is 2.28. The molecule has 240 valence electrons. The number of carbonyl (C=O) groups excluding carboxylic acids is 2. The standard InChI is InChI=1S/C30H18F6O4S6/c1-13-21(17-7-3-15(41-17)5-9-19(37)39-11-29(31,32)33)43-25-23(13)45-28-26-24(46-27(25)28)14(2)22(44-26)18-8-4-16(42-18)6-10-20(38)40-12-30(34,35)36/h3-10H,11-12H2,1-2H3/b9-5+,10-6+. The van der Waals surface area contributed by atoms with E-state index in [-0.39, 0.29) is 0 Å². The number of halogens is 6. The highest BCUT2D eigenvalue weighted by atomic mass is 32.1. The molecule has 0 bridgehead atoms. The van der Waals surface area contributed by atoms with Gasteiger partial charge < -0.3 is 9.47 Å². The zero-order chi connectivity index (χ0) is 33.0. The van der Waals surface area contributed by atoms with E-state index in [2.05, 4.69) is 23.3 Å². The number of thiophene rings is 6. The molecular formula is C30H18F6O4S6.